The number of hydrogen-bond acceptors (Lipinski definition) is 3. The molecule has 1 unspecified atom stereocenters. The summed E-state index contributed by atoms with van der Waals surface area (Å²) in [7, 11) is 0. The summed E-state index contributed by atoms with van der Waals surface area (Å²) < 4.78 is 5.66. The van der Waals surface area contributed by atoms with E-state index in [1.165, 1.54) is 24.0 Å². The zero-order valence-electron chi connectivity index (χ0n) is 14.2. The van der Waals surface area contributed by atoms with E-state index in [0.717, 1.165) is 31.8 Å². The second-order valence-electron chi connectivity index (χ2n) is 6.27. The first-order valence-corrected chi connectivity index (χ1v) is 8.32. The SMILES string of the molecule is Cc1cc(C)cc(OCCC(=O)NCCC2CCCNC2)c1.Cl. The van der Waals surface area contributed by atoms with Crippen LogP contribution in [-0.2, 0) is 4.79 Å². The maximum Gasteiger partial charge on any atom is 0.223 e. The van der Waals surface area contributed by atoms with Crippen molar-refractivity contribution < 1.29 is 9.53 Å². The van der Waals surface area contributed by atoms with Crippen molar-refractivity contribution in [1.82, 2.24) is 10.6 Å². The molecule has 0 aliphatic carbocycles. The minimum Gasteiger partial charge on any atom is -0.493 e. The molecule has 1 aromatic rings. The largest absolute Gasteiger partial charge is 0.493 e. The zero-order valence-corrected chi connectivity index (χ0v) is 15.0. The van der Waals surface area contributed by atoms with Crippen LogP contribution in [0.4, 0.5) is 0 Å². The molecule has 1 aliphatic heterocycles. The van der Waals surface area contributed by atoms with Gasteiger partial charge in [0.15, 0.2) is 0 Å². The molecule has 1 fully saturated rings. The molecular weight excluding hydrogens is 312 g/mol. The van der Waals surface area contributed by atoms with Gasteiger partial charge in [-0.05, 0) is 75.4 Å². The van der Waals surface area contributed by atoms with Gasteiger partial charge >= 0.3 is 0 Å². The number of rotatable bonds is 7. The summed E-state index contributed by atoms with van der Waals surface area (Å²) in [4.78, 5) is 11.8. The lowest BCUT2D eigenvalue weighted by Crippen LogP contribution is -2.33. The topological polar surface area (TPSA) is 50.4 Å². The molecule has 1 saturated heterocycles. The summed E-state index contributed by atoms with van der Waals surface area (Å²) in [5.74, 6) is 1.63. The lowest BCUT2D eigenvalue weighted by molar-refractivity contribution is -0.121. The minimum atomic E-state index is 0. The lowest BCUT2D eigenvalue weighted by atomic mass is 9.96. The summed E-state index contributed by atoms with van der Waals surface area (Å²) in [5, 5.41) is 6.39. The summed E-state index contributed by atoms with van der Waals surface area (Å²) in [5.41, 5.74) is 2.36. The Labute approximate surface area is 145 Å². The van der Waals surface area contributed by atoms with E-state index in [1.54, 1.807) is 0 Å². The highest BCUT2D eigenvalue weighted by Gasteiger charge is 2.12. The van der Waals surface area contributed by atoms with E-state index in [-0.39, 0.29) is 18.3 Å². The van der Waals surface area contributed by atoms with Crippen LogP contribution in [0.25, 0.3) is 0 Å². The smallest absolute Gasteiger partial charge is 0.223 e. The monoisotopic (exact) mass is 340 g/mol. The quantitative estimate of drug-likeness (QED) is 0.802. The first kappa shape index (κ1) is 19.8. The number of hydrogen-bond donors (Lipinski definition) is 2. The zero-order chi connectivity index (χ0) is 15.8. The number of benzene rings is 1. The van der Waals surface area contributed by atoms with Gasteiger partial charge in [0.2, 0.25) is 5.91 Å². The highest BCUT2D eigenvalue weighted by Crippen LogP contribution is 2.16. The van der Waals surface area contributed by atoms with Crippen LogP contribution in [-0.4, -0.2) is 32.1 Å². The molecule has 1 aliphatic rings. The lowest BCUT2D eigenvalue weighted by Gasteiger charge is -2.22. The molecule has 1 atom stereocenters. The molecule has 5 heteroatoms. The Morgan fingerprint density at radius 2 is 2.04 bits per heavy atom. The van der Waals surface area contributed by atoms with Crippen molar-refractivity contribution in [2.75, 3.05) is 26.2 Å². The average molecular weight is 341 g/mol. The number of amides is 1. The van der Waals surface area contributed by atoms with Crippen LogP contribution in [0, 0.1) is 19.8 Å². The highest BCUT2D eigenvalue weighted by molar-refractivity contribution is 5.85. The van der Waals surface area contributed by atoms with Crippen molar-refractivity contribution in [3.63, 3.8) is 0 Å². The van der Waals surface area contributed by atoms with Crippen LogP contribution in [0.3, 0.4) is 0 Å². The van der Waals surface area contributed by atoms with Crippen LogP contribution < -0.4 is 15.4 Å². The molecule has 0 spiro atoms. The van der Waals surface area contributed by atoms with Gasteiger partial charge in [-0.3, -0.25) is 4.79 Å². The molecule has 23 heavy (non-hydrogen) atoms. The van der Waals surface area contributed by atoms with Crippen LogP contribution in [0.15, 0.2) is 18.2 Å². The second-order valence-corrected chi connectivity index (χ2v) is 6.27. The summed E-state index contributed by atoms with van der Waals surface area (Å²) >= 11 is 0. The van der Waals surface area contributed by atoms with Gasteiger partial charge in [0.1, 0.15) is 5.75 Å². The standard InChI is InChI=1S/C18H28N2O2.ClH/c1-14-10-15(2)12-17(11-14)22-9-6-18(21)20-8-5-16-4-3-7-19-13-16;/h10-12,16,19H,3-9,13H2,1-2H3,(H,20,21);1H. The van der Waals surface area contributed by atoms with Crippen LogP contribution in [0.2, 0.25) is 0 Å². The fourth-order valence-electron chi connectivity index (χ4n) is 2.95. The van der Waals surface area contributed by atoms with Crippen LogP contribution in [0.1, 0.15) is 36.8 Å². The molecule has 130 valence electrons. The third-order valence-electron chi connectivity index (χ3n) is 4.07. The van der Waals surface area contributed by atoms with E-state index in [2.05, 4.69) is 16.7 Å². The van der Waals surface area contributed by atoms with E-state index >= 15 is 0 Å². The molecule has 0 radical (unpaired) electrons. The van der Waals surface area contributed by atoms with Crippen molar-refractivity contribution in [3.8, 4) is 5.75 Å². The number of aryl methyl sites for hydroxylation is 2. The van der Waals surface area contributed by atoms with E-state index in [9.17, 15) is 4.79 Å². The summed E-state index contributed by atoms with van der Waals surface area (Å²) in [6.07, 6.45) is 4.01. The Hall–Kier alpha value is -1.26. The average Bonchev–Trinajstić information content (AvgIpc) is 2.47. The molecule has 0 bridgehead atoms. The second kappa shape index (κ2) is 10.5. The van der Waals surface area contributed by atoms with E-state index in [4.69, 9.17) is 4.74 Å². The molecular formula is C18H29ClN2O2. The molecule has 4 nitrogen and oxygen atoms in total. The third kappa shape index (κ3) is 7.71. The normalized spacial score (nSPS) is 17.2. The van der Waals surface area contributed by atoms with Gasteiger partial charge in [-0.1, -0.05) is 6.07 Å². The molecule has 0 saturated carbocycles. The molecule has 2 rings (SSSR count). The molecule has 2 N–H and O–H groups in total. The Morgan fingerprint density at radius 1 is 1.30 bits per heavy atom. The van der Waals surface area contributed by atoms with Crippen LogP contribution >= 0.6 is 12.4 Å². The van der Waals surface area contributed by atoms with Gasteiger partial charge in [0.25, 0.3) is 0 Å². The number of halogens is 1. The molecule has 1 heterocycles. The fraction of sp³-hybridized carbons (Fsp3) is 0.611. The Kier molecular flexibility index (Phi) is 9.03. The Bertz CT molecular complexity index is 468. The van der Waals surface area contributed by atoms with E-state index in [0.29, 0.717) is 18.9 Å². The first-order chi connectivity index (χ1) is 10.6. The van der Waals surface area contributed by atoms with Gasteiger partial charge in [0, 0.05) is 6.54 Å². The van der Waals surface area contributed by atoms with Crippen molar-refractivity contribution in [2.45, 2.75) is 39.5 Å². The van der Waals surface area contributed by atoms with Gasteiger partial charge in [-0.15, -0.1) is 12.4 Å². The Morgan fingerprint density at radius 3 is 2.70 bits per heavy atom. The third-order valence-corrected chi connectivity index (χ3v) is 4.07. The maximum absolute atomic E-state index is 11.8. The minimum absolute atomic E-state index is 0. The van der Waals surface area contributed by atoms with Crippen molar-refractivity contribution in [1.29, 1.82) is 0 Å². The van der Waals surface area contributed by atoms with E-state index in [1.807, 2.05) is 26.0 Å². The summed E-state index contributed by atoms with van der Waals surface area (Å²) in [6, 6.07) is 6.11. The molecule has 1 aromatic carbocycles. The first-order valence-electron chi connectivity index (χ1n) is 8.32. The number of nitrogens with one attached hydrogen (secondary N) is 2. The van der Waals surface area contributed by atoms with Crippen LogP contribution in [0.5, 0.6) is 5.75 Å². The van der Waals surface area contributed by atoms with Gasteiger partial charge in [-0.2, -0.15) is 0 Å². The number of ether oxygens (including phenoxy) is 1. The predicted molar refractivity (Wildman–Crippen MR) is 96.5 cm³/mol. The van der Waals surface area contributed by atoms with E-state index < -0.39 is 0 Å². The molecule has 1 amide bonds. The van der Waals surface area contributed by atoms with Crippen molar-refractivity contribution in [3.05, 3.63) is 29.3 Å². The van der Waals surface area contributed by atoms with Gasteiger partial charge < -0.3 is 15.4 Å². The predicted octanol–water partition coefficient (Wildman–Crippen LogP) is 3.00. The van der Waals surface area contributed by atoms with Crippen molar-refractivity contribution >= 4 is 18.3 Å². The summed E-state index contributed by atoms with van der Waals surface area (Å²) in [6.45, 7) is 7.53. The number of carbonyl (C=O) groups excluding carboxylic acids is 1. The number of carbonyl (C=O) groups is 1. The Balaban J connectivity index is 0.00000264. The number of piperidine rings is 1. The van der Waals surface area contributed by atoms with Gasteiger partial charge in [-0.25, -0.2) is 0 Å². The fourth-order valence-corrected chi connectivity index (χ4v) is 2.95. The molecule has 0 aromatic heterocycles. The van der Waals surface area contributed by atoms with Crippen molar-refractivity contribution in [2.24, 2.45) is 5.92 Å². The highest BCUT2D eigenvalue weighted by atomic mass is 35.5. The van der Waals surface area contributed by atoms with Gasteiger partial charge in [0.05, 0.1) is 13.0 Å². The maximum atomic E-state index is 11.8.